The fourth-order valence-electron chi connectivity index (χ4n) is 1.41. The molecule has 0 fully saturated rings. The first-order valence-electron chi connectivity index (χ1n) is 5.98. The van der Waals surface area contributed by atoms with Gasteiger partial charge < -0.3 is 10.6 Å². The first-order chi connectivity index (χ1) is 8.78. The van der Waals surface area contributed by atoms with Gasteiger partial charge in [-0.3, -0.25) is 14.6 Å². The quantitative estimate of drug-likeness (QED) is 0.886. The van der Waals surface area contributed by atoms with Crippen LogP contribution in [0.2, 0.25) is 0 Å². The van der Waals surface area contributed by atoms with Crippen LogP contribution in [0.3, 0.4) is 0 Å². The van der Waals surface area contributed by atoms with Gasteiger partial charge in [0.15, 0.2) is 0 Å². The number of rotatable bonds is 4. The zero-order valence-electron chi connectivity index (χ0n) is 11.3. The number of halogens is 1. The minimum Gasteiger partial charge on any atom is -0.351 e. The molecule has 0 aliphatic carbocycles. The van der Waals surface area contributed by atoms with Crippen molar-refractivity contribution in [2.75, 3.05) is 6.54 Å². The van der Waals surface area contributed by atoms with Gasteiger partial charge in [0.1, 0.15) is 0 Å². The van der Waals surface area contributed by atoms with Crippen molar-refractivity contribution in [3.05, 3.63) is 28.5 Å². The molecule has 0 aromatic carbocycles. The van der Waals surface area contributed by atoms with E-state index in [-0.39, 0.29) is 23.8 Å². The van der Waals surface area contributed by atoms with Gasteiger partial charge in [-0.05, 0) is 42.8 Å². The fourth-order valence-corrected chi connectivity index (χ4v) is 1.77. The molecule has 1 aromatic heterocycles. The molecule has 5 nitrogen and oxygen atoms in total. The van der Waals surface area contributed by atoms with Crippen molar-refractivity contribution >= 4 is 27.7 Å². The zero-order chi connectivity index (χ0) is 14.5. The molecular formula is C13H18BrN3O2. The van der Waals surface area contributed by atoms with Crippen molar-refractivity contribution in [2.45, 2.75) is 32.7 Å². The molecule has 6 heteroatoms. The maximum Gasteiger partial charge on any atom is 0.252 e. The van der Waals surface area contributed by atoms with Crippen LogP contribution in [0.15, 0.2) is 22.9 Å². The van der Waals surface area contributed by atoms with Crippen LogP contribution < -0.4 is 10.6 Å². The number of amides is 2. The number of nitrogens with zero attached hydrogens (tertiary/aromatic N) is 1. The molecule has 0 atom stereocenters. The lowest BCUT2D eigenvalue weighted by atomic mass is 10.1. The Morgan fingerprint density at radius 1 is 1.32 bits per heavy atom. The number of carbonyl (C=O) groups excluding carboxylic acids is 2. The molecule has 0 aliphatic rings. The van der Waals surface area contributed by atoms with Crippen LogP contribution in [-0.2, 0) is 4.79 Å². The molecular weight excluding hydrogens is 310 g/mol. The van der Waals surface area contributed by atoms with Crippen molar-refractivity contribution in [1.82, 2.24) is 15.6 Å². The van der Waals surface area contributed by atoms with Crippen LogP contribution in [-0.4, -0.2) is 28.9 Å². The summed E-state index contributed by atoms with van der Waals surface area (Å²) in [5.41, 5.74) is 0.209. The van der Waals surface area contributed by atoms with Gasteiger partial charge in [0.05, 0.1) is 5.56 Å². The summed E-state index contributed by atoms with van der Waals surface area (Å²) in [6, 6.07) is 1.68. The maximum atomic E-state index is 11.8. The van der Waals surface area contributed by atoms with Gasteiger partial charge in [-0.2, -0.15) is 0 Å². The highest BCUT2D eigenvalue weighted by molar-refractivity contribution is 9.10. The van der Waals surface area contributed by atoms with E-state index in [1.165, 1.54) is 6.20 Å². The summed E-state index contributed by atoms with van der Waals surface area (Å²) in [7, 11) is 0. The molecule has 0 saturated carbocycles. The molecule has 0 unspecified atom stereocenters. The van der Waals surface area contributed by atoms with Crippen LogP contribution in [0.5, 0.6) is 0 Å². The number of hydrogen-bond donors (Lipinski definition) is 2. The largest absolute Gasteiger partial charge is 0.351 e. The second-order valence-corrected chi connectivity index (χ2v) is 6.11. The lowest BCUT2D eigenvalue weighted by Crippen LogP contribution is -2.42. The smallest absolute Gasteiger partial charge is 0.252 e. The minimum atomic E-state index is -0.255. The Balaban J connectivity index is 2.37. The third-order valence-corrected chi connectivity index (χ3v) is 2.55. The monoisotopic (exact) mass is 327 g/mol. The van der Waals surface area contributed by atoms with E-state index in [1.54, 1.807) is 12.3 Å². The Hall–Kier alpha value is -1.43. The van der Waals surface area contributed by atoms with Crippen LogP contribution in [0.4, 0.5) is 0 Å². The second-order valence-electron chi connectivity index (χ2n) is 5.20. The summed E-state index contributed by atoms with van der Waals surface area (Å²) in [5.74, 6) is -0.322. The number of nitrogens with one attached hydrogen (secondary N) is 2. The average Bonchev–Trinajstić information content (AvgIpc) is 2.26. The predicted octanol–water partition coefficient (Wildman–Crippen LogP) is 1.88. The van der Waals surface area contributed by atoms with Crippen LogP contribution >= 0.6 is 15.9 Å². The molecule has 0 spiro atoms. The Labute approximate surface area is 121 Å². The molecule has 104 valence electrons. The minimum absolute atomic E-state index is 0.0832. The van der Waals surface area contributed by atoms with E-state index in [2.05, 4.69) is 31.5 Å². The lowest BCUT2D eigenvalue weighted by molar-refractivity contribution is -0.122. The van der Waals surface area contributed by atoms with Crippen LogP contribution in [0.1, 0.15) is 37.6 Å². The van der Waals surface area contributed by atoms with Crippen LogP contribution in [0, 0.1) is 0 Å². The molecule has 0 aliphatic heterocycles. The first-order valence-corrected chi connectivity index (χ1v) is 6.77. The molecule has 1 aromatic rings. The summed E-state index contributed by atoms with van der Waals surface area (Å²) in [6.07, 6.45) is 3.34. The summed E-state index contributed by atoms with van der Waals surface area (Å²) < 4.78 is 0.741. The van der Waals surface area contributed by atoms with Crippen LogP contribution in [0.25, 0.3) is 0 Å². The van der Waals surface area contributed by atoms with E-state index >= 15 is 0 Å². The highest BCUT2D eigenvalue weighted by Crippen LogP contribution is 2.09. The van der Waals surface area contributed by atoms with Crippen molar-refractivity contribution in [3.63, 3.8) is 0 Å². The lowest BCUT2D eigenvalue weighted by Gasteiger charge is -2.20. The molecule has 0 bridgehead atoms. The summed E-state index contributed by atoms with van der Waals surface area (Å²) in [5, 5.41) is 5.51. The Morgan fingerprint density at radius 3 is 2.58 bits per heavy atom. The van der Waals surface area contributed by atoms with E-state index < -0.39 is 0 Å². The molecule has 1 heterocycles. The molecule has 19 heavy (non-hydrogen) atoms. The SMILES string of the molecule is CC(C)(C)NC(=O)CCNC(=O)c1cncc(Br)c1. The predicted molar refractivity (Wildman–Crippen MR) is 76.8 cm³/mol. The molecule has 0 saturated heterocycles. The fraction of sp³-hybridized carbons (Fsp3) is 0.462. The Bertz CT molecular complexity index is 469. The van der Waals surface area contributed by atoms with Gasteiger partial charge in [0, 0.05) is 35.4 Å². The van der Waals surface area contributed by atoms with Gasteiger partial charge in [0.2, 0.25) is 5.91 Å². The summed E-state index contributed by atoms with van der Waals surface area (Å²) in [6.45, 7) is 6.04. The van der Waals surface area contributed by atoms with E-state index in [1.807, 2.05) is 20.8 Å². The number of pyridine rings is 1. The molecule has 2 amide bonds. The Morgan fingerprint density at radius 2 is 2.00 bits per heavy atom. The summed E-state index contributed by atoms with van der Waals surface area (Å²) in [4.78, 5) is 27.2. The van der Waals surface area contributed by atoms with Gasteiger partial charge >= 0.3 is 0 Å². The van der Waals surface area contributed by atoms with Crippen molar-refractivity contribution in [2.24, 2.45) is 0 Å². The Kier molecular flexibility index (Phi) is 5.47. The van der Waals surface area contributed by atoms with E-state index in [9.17, 15) is 9.59 Å². The number of aromatic nitrogens is 1. The highest BCUT2D eigenvalue weighted by atomic mass is 79.9. The number of carbonyl (C=O) groups is 2. The van der Waals surface area contributed by atoms with Crippen molar-refractivity contribution < 1.29 is 9.59 Å². The topological polar surface area (TPSA) is 71.1 Å². The normalized spacial score (nSPS) is 10.9. The van der Waals surface area contributed by atoms with Crippen molar-refractivity contribution in [1.29, 1.82) is 0 Å². The molecule has 2 N–H and O–H groups in total. The molecule has 1 rings (SSSR count). The standard InChI is InChI=1S/C13H18BrN3O2/c1-13(2,3)17-11(18)4-5-16-12(19)9-6-10(14)8-15-7-9/h6-8H,4-5H2,1-3H3,(H,16,19)(H,17,18). The highest BCUT2D eigenvalue weighted by Gasteiger charge is 2.13. The van der Waals surface area contributed by atoms with E-state index in [0.717, 1.165) is 4.47 Å². The van der Waals surface area contributed by atoms with E-state index in [0.29, 0.717) is 12.1 Å². The first kappa shape index (κ1) is 15.6. The second kappa shape index (κ2) is 6.65. The van der Waals surface area contributed by atoms with Gasteiger partial charge in [-0.25, -0.2) is 0 Å². The van der Waals surface area contributed by atoms with Gasteiger partial charge in [-0.1, -0.05) is 0 Å². The van der Waals surface area contributed by atoms with Gasteiger partial charge in [0.25, 0.3) is 5.91 Å². The third kappa shape index (κ3) is 6.33. The zero-order valence-corrected chi connectivity index (χ0v) is 12.9. The number of hydrogen-bond acceptors (Lipinski definition) is 3. The molecule has 0 radical (unpaired) electrons. The maximum absolute atomic E-state index is 11.8. The van der Waals surface area contributed by atoms with E-state index in [4.69, 9.17) is 0 Å². The van der Waals surface area contributed by atoms with Gasteiger partial charge in [-0.15, -0.1) is 0 Å². The summed E-state index contributed by atoms with van der Waals surface area (Å²) >= 11 is 3.25. The average molecular weight is 328 g/mol. The third-order valence-electron chi connectivity index (χ3n) is 2.12. The van der Waals surface area contributed by atoms with Crippen molar-refractivity contribution in [3.8, 4) is 0 Å².